The maximum atomic E-state index is 11.2. The van der Waals surface area contributed by atoms with Crippen LogP contribution in [0, 0.1) is 10.8 Å². The van der Waals surface area contributed by atoms with E-state index in [1.807, 2.05) is 0 Å². The van der Waals surface area contributed by atoms with E-state index in [9.17, 15) is 9.90 Å². The number of rotatable bonds is 20. The van der Waals surface area contributed by atoms with Gasteiger partial charge in [-0.1, -0.05) is 196 Å². The molecule has 0 saturated heterocycles. The quantitative estimate of drug-likeness (QED) is 0.0533. The molecule has 7 rings (SSSR count). The van der Waals surface area contributed by atoms with Crippen molar-refractivity contribution < 1.29 is 19.7 Å². The van der Waals surface area contributed by atoms with E-state index in [0.29, 0.717) is 26.0 Å². The number of nitrogens with two attached hydrogens (primary N) is 1. The van der Waals surface area contributed by atoms with Crippen LogP contribution in [0.15, 0.2) is 97.1 Å². The fourth-order valence-corrected chi connectivity index (χ4v) is 13.4. The number of fused-ring (bicyclic) bond motifs is 6. The summed E-state index contributed by atoms with van der Waals surface area (Å²) >= 11 is 4.04. The zero-order valence-corrected chi connectivity index (χ0v) is 48.6. The Morgan fingerprint density at radius 2 is 1.03 bits per heavy atom. The third-order valence-corrected chi connectivity index (χ3v) is 18.8. The molecule has 5 nitrogen and oxygen atoms in total. The maximum absolute atomic E-state index is 11.2. The van der Waals surface area contributed by atoms with Gasteiger partial charge in [0.1, 0.15) is 0 Å². The molecule has 0 saturated carbocycles. The van der Waals surface area contributed by atoms with Gasteiger partial charge in [0, 0.05) is 39.0 Å². The Balaban J connectivity index is 1.33. The average Bonchev–Trinajstić information content (AvgIpc) is 3.74. The predicted molar refractivity (Wildman–Crippen MR) is 306 cm³/mol. The number of aliphatic hydroxyl groups excluding tert-OH is 1. The lowest BCUT2D eigenvalue weighted by molar-refractivity contribution is -0.137. The summed E-state index contributed by atoms with van der Waals surface area (Å²) in [5.41, 5.74) is 21.7. The van der Waals surface area contributed by atoms with Crippen molar-refractivity contribution in [1.82, 2.24) is 0 Å². The summed E-state index contributed by atoms with van der Waals surface area (Å²) in [4.78, 5) is 11.2. The molecular formula is C66H88BrNO4. The Kier molecular flexibility index (Phi) is 15.1. The van der Waals surface area contributed by atoms with Crippen LogP contribution in [0.1, 0.15) is 205 Å². The van der Waals surface area contributed by atoms with Gasteiger partial charge in [0.05, 0.1) is 12.2 Å². The van der Waals surface area contributed by atoms with Gasteiger partial charge in [-0.05, 0) is 167 Å². The number of carbonyl (C=O) groups is 1. The van der Waals surface area contributed by atoms with Gasteiger partial charge < -0.3 is 20.7 Å². The van der Waals surface area contributed by atoms with E-state index in [1.54, 1.807) is 0 Å². The number of aliphatic hydroxyl groups is 1. The predicted octanol–water partition coefficient (Wildman–Crippen LogP) is 16.2. The topological polar surface area (TPSA) is 92.8 Å². The molecule has 6 heteroatoms. The average molecular weight is 1040 g/mol. The molecule has 0 fully saturated rings. The number of alkyl halides is 1. The van der Waals surface area contributed by atoms with Crippen molar-refractivity contribution in [3.05, 3.63) is 153 Å². The molecule has 2 atom stereocenters. The second kappa shape index (κ2) is 19.6. The molecule has 388 valence electrons. The maximum Gasteiger partial charge on any atom is 0.303 e. The van der Waals surface area contributed by atoms with Crippen LogP contribution < -0.4 is 5.73 Å². The second-order valence-electron chi connectivity index (χ2n) is 26.3. The van der Waals surface area contributed by atoms with Crippen LogP contribution in [0.3, 0.4) is 0 Å². The molecule has 0 aromatic heterocycles. The van der Waals surface area contributed by atoms with E-state index in [1.165, 1.54) is 77.9 Å². The Morgan fingerprint density at radius 1 is 0.583 bits per heavy atom. The van der Waals surface area contributed by atoms with Crippen LogP contribution in [0.25, 0.3) is 22.3 Å². The molecule has 0 radical (unpaired) electrons. The first-order valence-corrected chi connectivity index (χ1v) is 27.7. The van der Waals surface area contributed by atoms with Gasteiger partial charge in [0.15, 0.2) is 0 Å². The first-order valence-electron chi connectivity index (χ1n) is 26.9. The molecule has 5 aromatic carbocycles. The van der Waals surface area contributed by atoms with Gasteiger partial charge in [-0.2, -0.15) is 0 Å². The normalized spacial score (nSPS) is 18.2. The summed E-state index contributed by atoms with van der Waals surface area (Å²) < 4.78 is 6.59. The lowest BCUT2D eigenvalue weighted by Crippen LogP contribution is -2.55. The van der Waals surface area contributed by atoms with Crippen LogP contribution in [-0.4, -0.2) is 41.5 Å². The first-order chi connectivity index (χ1) is 33.3. The molecular weight excluding hydrogens is 951 g/mol. The number of ether oxygens (including phenoxy) is 1. The van der Waals surface area contributed by atoms with Crippen LogP contribution >= 0.6 is 15.9 Å². The summed E-state index contributed by atoms with van der Waals surface area (Å²) in [5, 5.41) is 20.1. The number of hydrogen-bond acceptors (Lipinski definition) is 4. The molecule has 0 bridgehead atoms. The molecule has 2 aliphatic carbocycles. The highest BCUT2D eigenvalue weighted by molar-refractivity contribution is 9.09. The summed E-state index contributed by atoms with van der Waals surface area (Å²) in [6.45, 7) is 38.6. The van der Waals surface area contributed by atoms with E-state index >= 15 is 0 Å². The van der Waals surface area contributed by atoms with Gasteiger partial charge in [0.25, 0.3) is 0 Å². The molecule has 2 aliphatic rings. The fourth-order valence-electron chi connectivity index (χ4n) is 13.1. The molecule has 2 unspecified atom stereocenters. The third-order valence-electron chi connectivity index (χ3n) is 18.4. The number of benzene rings is 5. The number of unbranched alkanes of at least 4 members (excludes halogenated alkanes) is 1. The highest BCUT2D eigenvalue weighted by atomic mass is 79.9. The van der Waals surface area contributed by atoms with E-state index < -0.39 is 11.4 Å². The number of aliphatic carboxylic acids is 1. The summed E-state index contributed by atoms with van der Waals surface area (Å²) in [5.74, 6) is -0.745. The minimum atomic E-state index is -0.745. The monoisotopic (exact) mass is 1040 g/mol. The number of aryl methyl sites for hydroxylation is 1. The number of hydrogen-bond donors (Lipinski definition) is 3. The highest BCUT2D eigenvalue weighted by Gasteiger charge is 2.61. The molecule has 0 aliphatic heterocycles. The van der Waals surface area contributed by atoms with Crippen molar-refractivity contribution in [3.63, 3.8) is 0 Å². The number of carboxylic acids is 1. The van der Waals surface area contributed by atoms with Crippen molar-refractivity contribution in [3.8, 4) is 22.3 Å². The van der Waals surface area contributed by atoms with Crippen molar-refractivity contribution in [1.29, 1.82) is 0 Å². The largest absolute Gasteiger partial charge is 0.481 e. The summed E-state index contributed by atoms with van der Waals surface area (Å²) in [6, 6.07) is 37.8. The van der Waals surface area contributed by atoms with Crippen LogP contribution in [0.5, 0.6) is 0 Å². The van der Waals surface area contributed by atoms with Crippen molar-refractivity contribution in [2.24, 2.45) is 16.6 Å². The summed E-state index contributed by atoms with van der Waals surface area (Å²) in [6.07, 6.45) is 5.25. The molecule has 0 amide bonds. The second-order valence-corrected chi connectivity index (χ2v) is 28.3. The van der Waals surface area contributed by atoms with E-state index in [4.69, 9.17) is 15.6 Å². The lowest BCUT2D eigenvalue weighted by Gasteiger charge is -2.56. The molecule has 5 aromatic rings. The Bertz CT molecular complexity index is 2800. The van der Waals surface area contributed by atoms with Gasteiger partial charge in [0.2, 0.25) is 0 Å². The minimum Gasteiger partial charge on any atom is -0.481 e. The van der Waals surface area contributed by atoms with Crippen molar-refractivity contribution in [2.45, 2.75) is 193 Å². The first kappa shape index (κ1) is 55.7. The van der Waals surface area contributed by atoms with Crippen LogP contribution in [0.2, 0.25) is 0 Å². The molecule has 4 N–H and O–H groups in total. The minimum absolute atomic E-state index is 0.0937. The van der Waals surface area contributed by atoms with Crippen LogP contribution in [0.4, 0.5) is 0 Å². The third kappa shape index (κ3) is 9.63. The Labute approximate surface area is 443 Å². The summed E-state index contributed by atoms with van der Waals surface area (Å²) in [7, 11) is 0. The SMILES string of the molecule is CC(C)(C)OCC(C)(C)C1(C(C)(C)CCO)c2cc(C(C)(C)Br)ccc2-c2ccc(C(C)(C)C(C)(C)c3ccc4c(c3)C(C)(CCCCN)c3cc(C(C)(C)c5ccc(CCCC(=O)O)cc5)ccc3-4)cc21. The van der Waals surface area contributed by atoms with Gasteiger partial charge in [-0.3, -0.25) is 4.79 Å². The van der Waals surface area contributed by atoms with E-state index in [-0.39, 0.29) is 55.4 Å². The van der Waals surface area contributed by atoms with E-state index in [0.717, 1.165) is 25.7 Å². The van der Waals surface area contributed by atoms with Crippen molar-refractivity contribution in [2.75, 3.05) is 19.8 Å². The van der Waals surface area contributed by atoms with Gasteiger partial charge in [-0.15, -0.1) is 0 Å². The number of halogens is 1. The van der Waals surface area contributed by atoms with Crippen LogP contribution in [-0.2, 0) is 47.4 Å². The Morgan fingerprint density at radius 3 is 1.50 bits per heavy atom. The van der Waals surface area contributed by atoms with E-state index in [2.05, 4.69) is 224 Å². The zero-order chi connectivity index (χ0) is 53.3. The lowest BCUT2D eigenvalue weighted by atomic mass is 9.47. The smallest absolute Gasteiger partial charge is 0.303 e. The zero-order valence-electron chi connectivity index (χ0n) is 47.0. The molecule has 72 heavy (non-hydrogen) atoms. The number of carboxylic acid groups (broad SMARTS) is 1. The molecule has 0 heterocycles. The van der Waals surface area contributed by atoms with Crippen molar-refractivity contribution >= 4 is 21.9 Å². The Hall–Kier alpha value is -4.07. The van der Waals surface area contributed by atoms with Gasteiger partial charge >= 0.3 is 5.97 Å². The highest BCUT2D eigenvalue weighted by Crippen LogP contribution is 2.67. The van der Waals surface area contributed by atoms with Gasteiger partial charge in [-0.25, -0.2) is 0 Å². The fraction of sp³-hybridized carbons (Fsp3) is 0.530. The molecule has 0 spiro atoms. The standard InChI is InChI=1S/C66H88BrNO4/c1-58(2,3)72-42-60(6,7)66(59(4,5)35-37-69)55-40-47(28-32-51(55)52-33-29-48(41-56(52)66)64(14,15)67)63(12,13)62(10,11)46-27-31-50-49-30-26-45(38-53(49)65(16,54(50)39-46)34-17-18-36-68)61(8,9)44-24-22-43(23-25-44)20-19-21-57(70)71/h22-33,38-41,69H,17-21,34-37,42,68H2,1-16H3,(H,70,71).